The number of carbonyl (C=O) groups is 2. The zero-order chi connectivity index (χ0) is 24.0. The Bertz CT molecular complexity index is 1070. The van der Waals surface area contributed by atoms with Crippen LogP contribution in [0.3, 0.4) is 0 Å². The summed E-state index contributed by atoms with van der Waals surface area (Å²) >= 11 is 9.77. The van der Waals surface area contributed by atoms with Gasteiger partial charge in [0.1, 0.15) is 6.07 Å². The zero-order valence-corrected chi connectivity index (χ0v) is 19.8. The second-order valence-corrected chi connectivity index (χ2v) is 8.15. The van der Waals surface area contributed by atoms with Gasteiger partial charge >= 0.3 is 6.09 Å². The van der Waals surface area contributed by atoms with Gasteiger partial charge in [-0.25, -0.2) is 4.79 Å². The number of aliphatic hydroxyl groups excluding tert-OH is 1. The molecule has 33 heavy (non-hydrogen) atoms. The first-order valence-electron chi connectivity index (χ1n) is 9.96. The molecule has 0 aromatic heterocycles. The van der Waals surface area contributed by atoms with Crippen LogP contribution in [0, 0.1) is 11.3 Å². The molecule has 2 aliphatic rings. The smallest absolute Gasteiger partial charge is 0.414 e. The molecule has 4 N–H and O–H groups in total. The third-order valence-electron chi connectivity index (χ3n) is 4.69. The number of hydrogen-bond donors (Lipinski definition) is 4. The Kier molecular flexibility index (Phi) is 8.26. The molecule has 0 spiro atoms. The van der Waals surface area contributed by atoms with Crippen LogP contribution < -0.4 is 20.9 Å². The number of halogens is 2. The number of benzene rings is 1. The monoisotopic (exact) mass is 538 g/mol. The molecule has 1 aliphatic heterocycles. The summed E-state index contributed by atoms with van der Waals surface area (Å²) in [6, 6.07) is 4.65. The number of hydrazone groups is 2. The SMILES string of the molecule is CCOC(=O)NC(=O)/C(C#N)=N/Nc1cc(Cl)c(OC2=NNC(O)C3=C2CCCC3)c(Br)c1. The minimum Gasteiger partial charge on any atom is -0.450 e. The first-order chi connectivity index (χ1) is 15.8. The lowest BCUT2D eigenvalue weighted by Crippen LogP contribution is -2.37. The molecule has 1 aromatic carbocycles. The van der Waals surface area contributed by atoms with Gasteiger partial charge in [-0.1, -0.05) is 11.6 Å². The predicted molar refractivity (Wildman–Crippen MR) is 124 cm³/mol. The van der Waals surface area contributed by atoms with Crippen molar-refractivity contribution in [1.82, 2.24) is 10.7 Å². The number of carbonyl (C=O) groups excluding carboxylic acids is 2. The van der Waals surface area contributed by atoms with E-state index in [0.717, 1.165) is 36.8 Å². The number of nitriles is 1. The average Bonchev–Trinajstić information content (AvgIpc) is 2.78. The van der Waals surface area contributed by atoms with E-state index in [1.54, 1.807) is 19.1 Å². The van der Waals surface area contributed by atoms with Crippen LogP contribution in [0.25, 0.3) is 0 Å². The molecular formula is C20H20BrClN6O5. The van der Waals surface area contributed by atoms with E-state index >= 15 is 0 Å². The van der Waals surface area contributed by atoms with Gasteiger partial charge in [0.05, 0.1) is 21.8 Å². The zero-order valence-electron chi connectivity index (χ0n) is 17.4. The maximum atomic E-state index is 11.9. The molecular weight excluding hydrogens is 520 g/mol. The van der Waals surface area contributed by atoms with Gasteiger partial charge in [0.2, 0.25) is 11.6 Å². The second-order valence-electron chi connectivity index (χ2n) is 6.89. The number of hydrogen-bond acceptors (Lipinski definition) is 10. The van der Waals surface area contributed by atoms with Gasteiger partial charge in [0.25, 0.3) is 5.91 Å². The first kappa shape index (κ1) is 24.5. The molecule has 0 saturated heterocycles. The summed E-state index contributed by atoms with van der Waals surface area (Å²) in [4.78, 5) is 23.3. The molecule has 11 nitrogen and oxygen atoms in total. The lowest BCUT2D eigenvalue weighted by molar-refractivity contribution is -0.114. The van der Waals surface area contributed by atoms with Crippen molar-refractivity contribution >= 4 is 56.8 Å². The van der Waals surface area contributed by atoms with Crippen LogP contribution in [0.4, 0.5) is 10.5 Å². The van der Waals surface area contributed by atoms with Crippen molar-refractivity contribution in [3.8, 4) is 11.8 Å². The minimum absolute atomic E-state index is 0.0685. The highest BCUT2D eigenvalue weighted by Crippen LogP contribution is 2.38. The number of alkyl carbamates (subject to hydrolysis) is 1. The topological polar surface area (TPSA) is 157 Å². The summed E-state index contributed by atoms with van der Waals surface area (Å²) in [6.45, 7) is 1.64. The summed E-state index contributed by atoms with van der Waals surface area (Å²) in [5.74, 6) is -0.394. The number of rotatable bonds is 5. The fraction of sp³-hybridized carbons (Fsp3) is 0.350. The Balaban J connectivity index is 1.75. The number of nitrogens with zero attached hydrogens (tertiary/aromatic N) is 3. The van der Waals surface area contributed by atoms with Gasteiger partial charge in [-0.3, -0.25) is 21.0 Å². The Morgan fingerprint density at radius 2 is 2.18 bits per heavy atom. The molecule has 1 unspecified atom stereocenters. The maximum Gasteiger partial charge on any atom is 0.414 e. The van der Waals surface area contributed by atoms with E-state index < -0.39 is 23.9 Å². The molecule has 13 heteroatoms. The van der Waals surface area contributed by atoms with Gasteiger partial charge < -0.3 is 14.6 Å². The van der Waals surface area contributed by atoms with E-state index in [4.69, 9.17) is 21.6 Å². The number of aliphatic hydroxyl groups is 1. The lowest BCUT2D eigenvalue weighted by Gasteiger charge is -2.28. The summed E-state index contributed by atoms with van der Waals surface area (Å²) in [5, 5.41) is 29.2. The van der Waals surface area contributed by atoms with Crippen molar-refractivity contribution in [1.29, 1.82) is 5.26 Å². The molecule has 3 rings (SSSR count). The third-order valence-corrected chi connectivity index (χ3v) is 5.56. The molecule has 1 atom stereocenters. The fourth-order valence-electron chi connectivity index (χ4n) is 3.21. The van der Waals surface area contributed by atoms with E-state index in [9.17, 15) is 14.7 Å². The van der Waals surface area contributed by atoms with Crippen molar-refractivity contribution in [3.63, 3.8) is 0 Å². The highest BCUT2D eigenvalue weighted by Gasteiger charge is 2.28. The van der Waals surface area contributed by atoms with Crippen LogP contribution in [0.1, 0.15) is 32.6 Å². The summed E-state index contributed by atoms with van der Waals surface area (Å²) in [7, 11) is 0. The standard InChI is InChI=1S/C20H20BrClN6O5/c1-2-32-20(31)24-18(30)15(9-23)26-25-10-7-13(21)16(14(22)8-10)33-19-12-6-4-3-5-11(12)17(29)27-28-19/h7-8,17,25,27,29H,2-6H2,1H3,(H,24,30,31)/b26-15+. The molecule has 2 amide bonds. The van der Waals surface area contributed by atoms with Gasteiger partial charge in [0.15, 0.2) is 12.0 Å². The van der Waals surface area contributed by atoms with Crippen molar-refractivity contribution in [3.05, 3.63) is 32.8 Å². The van der Waals surface area contributed by atoms with Crippen molar-refractivity contribution < 1.29 is 24.2 Å². The van der Waals surface area contributed by atoms with Crippen LogP contribution >= 0.6 is 27.5 Å². The molecule has 0 radical (unpaired) electrons. The Morgan fingerprint density at radius 3 is 2.88 bits per heavy atom. The van der Waals surface area contributed by atoms with Gasteiger partial charge in [0, 0.05) is 5.57 Å². The Hall–Kier alpha value is -3.14. The van der Waals surface area contributed by atoms with E-state index in [1.165, 1.54) is 6.07 Å². The van der Waals surface area contributed by atoms with Crippen molar-refractivity contribution in [2.45, 2.75) is 38.8 Å². The molecule has 1 aliphatic carbocycles. The highest BCUT2D eigenvalue weighted by atomic mass is 79.9. The molecule has 0 bridgehead atoms. The minimum atomic E-state index is -1.02. The van der Waals surface area contributed by atoms with Crippen LogP contribution in [0.5, 0.6) is 5.75 Å². The van der Waals surface area contributed by atoms with E-state index in [1.807, 2.05) is 5.32 Å². The summed E-state index contributed by atoms with van der Waals surface area (Å²) in [6.07, 6.45) is 1.63. The van der Waals surface area contributed by atoms with E-state index in [-0.39, 0.29) is 11.6 Å². The first-order valence-corrected chi connectivity index (χ1v) is 11.1. The highest BCUT2D eigenvalue weighted by molar-refractivity contribution is 9.10. The number of amides is 2. The second kappa shape index (κ2) is 11.1. The van der Waals surface area contributed by atoms with Crippen LogP contribution in [-0.2, 0) is 9.53 Å². The molecule has 1 aromatic rings. The van der Waals surface area contributed by atoms with Gasteiger partial charge in [-0.2, -0.15) is 10.4 Å². The molecule has 174 valence electrons. The fourth-order valence-corrected chi connectivity index (χ4v) is 4.12. The quantitative estimate of drug-likeness (QED) is 0.328. The number of ether oxygens (including phenoxy) is 2. The maximum absolute atomic E-state index is 11.9. The van der Waals surface area contributed by atoms with Gasteiger partial charge in [-0.15, -0.1) is 5.10 Å². The van der Waals surface area contributed by atoms with E-state index in [0.29, 0.717) is 21.8 Å². The Morgan fingerprint density at radius 1 is 1.42 bits per heavy atom. The summed E-state index contributed by atoms with van der Waals surface area (Å²) in [5.41, 5.74) is 6.65. The predicted octanol–water partition coefficient (Wildman–Crippen LogP) is 3.15. The lowest BCUT2D eigenvalue weighted by atomic mass is 9.90. The number of nitrogens with one attached hydrogen (secondary N) is 3. The molecule has 0 saturated carbocycles. The van der Waals surface area contributed by atoms with Crippen LogP contribution in [0.15, 0.2) is 38.0 Å². The van der Waals surface area contributed by atoms with Crippen molar-refractivity contribution in [2.75, 3.05) is 12.0 Å². The average molecular weight is 540 g/mol. The third kappa shape index (κ3) is 6.01. The Labute approximate surface area is 202 Å². The summed E-state index contributed by atoms with van der Waals surface area (Å²) < 4.78 is 11.0. The normalized spacial score (nSPS) is 17.7. The van der Waals surface area contributed by atoms with Crippen LogP contribution in [-0.4, -0.2) is 41.6 Å². The van der Waals surface area contributed by atoms with Crippen LogP contribution in [0.2, 0.25) is 5.02 Å². The number of imide groups is 1. The van der Waals surface area contributed by atoms with Gasteiger partial charge in [-0.05, 0) is 66.2 Å². The molecule has 0 fully saturated rings. The van der Waals surface area contributed by atoms with Crippen molar-refractivity contribution in [2.24, 2.45) is 10.2 Å². The van der Waals surface area contributed by atoms with E-state index in [2.05, 4.69) is 41.7 Å². The largest absolute Gasteiger partial charge is 0.450 e. The molecule has 1 heterocycles. The number of anilines is 1.